The Labute approximate surface area is 73.7 Å². The summed E-state index contributed by atoms with van der Waals surface area (Å²) in [5.41, 5.74) is 5.40. The maximum atomic E-state index is 8.54. The molecule has 12 heavy (non-hydrogen) atoms. The topological polar surface area (TPSA) is 64.7 Å². The summed E-state index contributed by atoms with van der Waals surface area (Å²) in [5.74, 6) is 0. The van der Waals surface area contributed by atoms with Gasteiger partial charge >= 0.3 is 0 Å². The van der Waals surface area contributed by atoms with Crippen molar-refractivity contribution >= 4 is 0 Å². The first-order valence-corrected chi connectivity index (χ1v) is 4.22. The number of ether oxygens (including phenoxy) is 2. The second-order valence-electron chi connectivity index (χ2n) is 2.94. The number of nitrogens with two attached hydrogens (primary N) is 1. The van der Waals surface area contributed by atoms with Crippen LogP contribution >= 0.6 is 0 Å². The van der Waals surface area contributed by atoms with Crippen molar-refractivity contribution in [2.45, 2.75) is 26.0 Å². The first-order chi connectivity index (χ1) is 5.66. The third kappa shape index (κ3) is 7.94. The lowest BCUT2D eigenvalue weighted by atomic mass is 10.4. The SMILES string of the molecule is CC(C)OCCOCC(N)CO. The summed E-state index contributed by atoms with van der Waals surface area (Å²) in [4.78, 5) is 0. The Kier molecular flexibility index (Phi) is 7.39. The second-order valence-corrected chi connectivity index (χ2v) is 2.94. The Bertz CT molecular complexity index is 98.3. The standard InChI is InChI=1S/C8H19NO3/c1-7(2)12-4-3-11-6-8(9)5-10/h7-8,10H,3-6,9H2,1-2H3. The molecule has 0 aromatic heterocycles. The third-order valence-electron chi connectivity index (χ3n) is 1.25. The van der Waals surface area contributed by atoms with Crippen LogP contribution in [0.25, 0.3) is 0 Å². The summed E-state index contributed by atoms with van der Waals surface area (Å²) in [6, 6.07) is -0.274. The molecule has 0 saturated carbocycles. The van der Waals surface area contributed by atoms with Crippen molar-refractivity contribution in [3.05, 3.63) is 0 Å². The molecule has 4 heteroatoms. The van der Waals surface area contributed by atoms with Gasteiger partial charge in [0.05, 0.1) is 38.6 Å². The van der Waals surface area contributed by atoms with Gasteiger partial charge in [-0.1, -0.05) is 0 Å². The zero-order valence-corrected chi connectivity index (χ0v) is 7.82. The van der Waals surface area contributed by atoms with Crippen molar-refractivity contribution in [1.29, 1.82) is 0 Å². The van der Waals surface area contributed by atoms with Gasteiger partial charge < -0.3 is 20.3 Å². The van der Waals surface area contributed by atoms with E-state index in [1.165, 1.54) is 0 Å². The number of hydrogen-bond acceptors (Lipinski definition) is 4. The predicted molar refractivity (Wildman–Crippen MR) is 47.0 cm³/mol. The smallest absolute Gasteiger partial charge is 0.0703 e. The highest BCUT2D eigenvalue weighted by Gasteiger charge is 1.99. The summed E-state index contributed by atoms with van der Waals surface area (Å²) in [6.45, 7) is 5.41. The molecule has 0 saturated heterocycles. The van der Waals surface area contributed by atoms with Crippen molar-refractivity contribution < 1.29 is 14.6 Å². The molecule has 0 aromatic carbocycles. The maximum Gasteiger partial charge on any atom is 0.0703 e. The molecular formula is C8H19NO3. The first kappa shape index (κ1) is 11.8. The summed E-state index contributed by atoms with van der Waals surface area (Å²) < 4.78 is 10.4. The van der Waals surface area contributed by atoms with Crippen molar-refractivity contribution in [1.82, 2.24) is 0 Å². The molecule has 0 radical (unpaired) electrons. The van der Waals surface area contributed by atoms with Crippen LogP contribution < -0.4 is 5.73 Å². The second kappa shape index (κ2) is 7.49. The van der Waals surface area contributed by atoms with Crippen molar-refractivity contribution in [2.75, 3.05) is 26.4 Å². The molecule has 4 nitrogen and oxygen atoms in total. The van der Waals surface area contributed by atoms with Gasteiger partial charge in [-0.25, -0.2) is 0 Å². The fourth-order valence-electron chi connectivity index (χ4n) is 0.630. The highest BCUT2D eigenvalue weighted by molar-refractivity contribution is 4.55. The van der Waals surface area contributed by atoms with E-state index < -0.39 is 0 Å². The Hall–Kier alpha value is -0.160. The lowest BCUT2D eigenvalue weighted by Crippen LogP contribution is -2.30. The minimum absolute atomic E-state index is 0.0367. The fraction of sp³-hybridized carbons (Fsp3) is 1.00. The van der Waals surface area contributed by atoms with Crippen molar-refractivity contribution in [3.63, 3.8) is 0 Å². The maximum absolute atomic E-state index is 8.54. The van der Waals surface area contributed by atoms with E-state index in [-0.39, 0.29) is 18.8 Å². The van der Waals surface area contributed by atoms with Gasteiger partial charge in [0.15, 0.2) is 0 Å². The average Bonchev–Trinajstić information content (AvgIpc) is 2.03. The van der Waals surface area contributed by atoms with Crippen LogP contribution in [0.5, 0.6) is 0 Å². The van der Waals surface area contributed by atoms with Crippen LogP contribution in [0, 0.1) is 0 Å². The van der Waals surface area contributed by atoms with E-state index in [4.69, 9.17) is 20.3 Å². The molecule has 3 N–H and O–H groups in total. The van der Waals surface area contributed by atoms with Gasteiger partial charge in [0.2, 0.25) is 0 Å². The molecule has 0 rings (SSSR count). The molecule has 0 aliphatic carbocycles. The number of aliphatic hydroxyl groups excluding tert-OH is 1. The molecule has 0 bridgehead atoms. The Morgan fingerprint density at radius 3 is 2.50 bits per heavy atom. The van der Waals surface area contributed by atoms with Gasteiger partial charge in [0, 0.05) is 0 Å². The van der Waals surface area contributed by atoms with Crippen molar-refractivity contribution in [2.24, 2.45) is 5.73 Å². The highest BCUT2D eigenvalue weighted by atomic mass is 16.5. The minimum Gasteiger partial charge on any atom is -0.395 e. The van der Waals surface area contributed by atoms with Crippen LogP contribution in [0.15, 0.2) is 0 Å². The van der Waals surface area contributed by atoms with E-state index in [2.05, 4.69) is 0 Å². The molecule has 0 amide bonds. The zero-order chi connectivity index (χ0) is 9.40. The van der Waals surface area contributed by atoms with Crippen LogP contribution in [-0.4, -0.2) is 43.7 Å². The Balaban J connectivity index is 3.00. The molecular weight excluding hydrogens is 158 g/mol. The monoisotopic (exact) mass is 177 g/mol. The number of aliphatic hydroxyl groups is 1. The fourth-order valence-corrected chi connectivity index (χ4v) is 0.630. The summed E-state index contributed by atoms with van der Waals surface area (Å²) in [6.07, 6.45) is 0.236. The summed E-state index contributed by atoms with van der Waals surface area (Å²) >= 11 is 0. The lowest BCUT2D eigenvalue weighted by molar-refractivity contribution is 0.0127. The minimum atomic E-state index is -0.274. The largest absolute Gasteiger partial charge is 0.395 e. The van der Waals surface area contributed by atoms with Gasteiger partial charge in [-0.3, -0.25) is 0 Å². The molecule has 1 unspecified atom stereocenters. The van der Waals surface area contributed by atoms with Crippen molar-refractivity contribution in [3.8, 4) is 0 Å². The number of rotatable bonds is 7. The van der Waals surface area contributed by atoms with Crippen LogP contribution in [0.2, 0.25) is 0 Å². The number of hydrogen-bond donors (Lipinski definition) is 2. The van der Waals surface area contributed by atoms with Crippen LogP contribution in [-0.2, 0) is 9.47 Å². The predicted octanol–water partition coefficient (Wildman–Crippen LogP) is -0.252. The van der Waals surface area contributed by atoms with E-state index in [1.54, 1.807) is 0 Å². The molecule has 1 atom stereocenters. The summed E-state index contributed by atoms with van der Waals surface area (Å²) in [7, 11) is 0. The van der Waals surface area contributed by atoms with E-state index in [0.717, 1.165) is 0 Å². The van der Waals surface area contributed by atoms with Gasteiger partial charge in [-0.2, -0.15) is 0 Å². The molecule has 0 aromatic rings. The first-order valence-electron chi connectivity index (χ1n) is 4.22. The Morgan fingerprint density at radius 1 is 1.33 bits per heavy atom. The average molecular weight is 177 g/mol. The van der Waals surface area contributed by atoms with Crippen LogP contribution in [0.1, 0.15) is 13.8 Å². The molecule has 74 valence electrons. The van der Waals surface area contributed by atoms with E-state index >= 15 is 0 Å². The molecule has 0 fully saturated rings. The van der Waals surface area contributed by atoms with Gasteiger partial charge in [0.25, 0.3) is 0 Å². The third-order valence-corrected chi connectivity index (χ3v) is 1.25. The molecule has 0 spiro atoms. The Morgan fingerprint density at radius 2 is 2.00 bits per heavy atom. The van der Waals surface area contributed by atoms with E-state index in [9.17, 15) is 0 Å². The normalized spacial score (nSPS) is 13.8. The van der Waals surface area contributed by atoms with Gasteiger partial charge in [-0.05, 0) is 13.8 Å². The quantitative estimate of drug-likeness (QED) is 0.526. The highest BCUT2D eigenvalue weighted by Crippen LogP contribution is 1.87. The van der Waals surface area contributed by atoms with Gasteiger partial charge in [0.1, 0.15) is 0 Å². The molecule has 0 heterocycles. The van der Waals surface area contributed by atoms with E-state index in [1.807, 2.05) is 13.8 Å². The zero-order valence-electron chi connectivity index (χ0n) is 7.82. The van der Waals surface area contributed by atoms with Crippen LogP contribution in [0.4, 0.5) is 0 Å². The summed E-state index contributed by atoms with van der Waals surface area (Å²) in [5, 5.41) is 8.54. The van der Waals surface area contributed by atoms with E-state index in [0.29, 0.717) is 19.8 Å². The lowest BCUT2D eigenvalue weighted by Gasteiger charge is -2.10. The molecule has 0 aliphatic heterocycles. The van der Waals surface area contributed by atoms with Gasteiger partial charge in [-0.15, -0.1) is 0 Å². The van der Waals surface area contributed by atoms with Crippen LogP contribution in [0.3, 0.4) is 0 Å². The molecule has 0 aliphatic rings.